The molecule has 0 bridgehead atoms. The van der Waals surface area contributed by atoms with Crippen molar-refractivity contribution in [3.8, 4) is 0 Å². The summed E-state index contributed by atoms with van der Waals surface area (Å²) in [6.45, 7) is 4.08. The van der Waals surface area contributed by atoms with E-state index in [4.69, 9.17) is 15.3 Å². The van der Waals surface area contributed by atoms with Gasteiger partial charge in [-0.2, -0.15) is 0 Å². The van der Waals surface area contributed by atoms with Crippen LogP contribution < -0.4 is 11.3 Å². The molecular formula is C8H18N2O4. The van der Waals surface area contributed by atoms with Crippen molar-refractivity contribution in [3.05, 3.63) is 0 Å². The first-order valence-electron chi connectivity index (χ1n) is 4.62. The Hall–Kier alpha value is -0.850. The molecule has 6 nitrogen and oxygen atoms in total. The Kier molecular flexibility index (Phi) is 9.61. The lowest BCUT2D eigenvalue weighted by atomic mass is 10.5. The van der Waals surface area contributed by atoms with Gasteiger partial charge in [-0.3, -0.25) is 11.3 Å². The van der Waals surface area contributed by atoms with Gasteiger partial charge in [-0.15, -0.1) is 0 Å². The predicted octanol–water partition coefficient (Wildman–Crippen LogP) is 0.0295. The van der Waals surface area contributed by atoms with Crippen LogP contribution in [0.4, 0.5) is 4.79 Å². The molecule has 0 aromatic carbocycles. The highest BCUT2D eigenvalue weighted by atomic mass is 16.7. The Morgan fingerprint density at radius 2 is 2.07 bits per heavy atom. The third-order valence-corrected chi connectivity index (χ3v) is 1.31. The molecule has 0 rings (SSSR count). The average molecular weight is 206 g/mol. The molecule has 6 heteroatoms. The summed E-state index contributed by atoms with van der Waals surface area (Å²) in [5, 5.41) is 0. The van der Waals surface area contributed by atoms with Crippen molar-refractivity contribution >= 4 is 6.16 Å². The molecular weight excluding hydrogens is 188 g/mol. The van der Waals surface area contributed by atoms with Crippen LogP contribution in [0, 0.1) is 0 Å². The van der Waals surface area contributed by atoms with Crippen LogP contribution in [0.1, 0.15) is 13.3 Å². The number of hydrazine groups is 1. The zero-order valence-electron chi connectivity index (χ0n) is 8.45. The first-order chi connectivity index (χ1) is 6.81. The Bertz CT molecular complexity index is 143. The Labute approximate surface area is 83.7 Å². The van der Waals surface area contributed by atoms with Crippen molar-refractivity contribution in [2.45, 2.75) is 13.3 Å². The molecule has 3 N–H and O–H groups in total. The maximum Gasteiger partial charge on any atom is 0.508 e. The molecule has 0 saturated heterocycles. The van der Waals surface area contributed by atoms with E-state index < -0.39 is 6.16 Å². The highest BCUT2D eigenvalue weighted by molar-refractivity contribution is 5.59. The van der Waals surface area contributed by atoms with Crippen LogP contribution in [0.3, 0.4) is 0 Å². The summed E-state index contributed by atoms with van der Waals surface area (Å²) in [5.74, 6) is 5.03. The third-order valence-electron chi connectivity index (χ3n) is 1.31. The lowest BCUT2D eigenvalue weighted by Crippen LogP contribution is -2.26. The van der Waals surface area contributed by atoms with Gasteiger partial charge in [0, 0.05) is 19.6 Å². The van der Waals surface area contributed by atoms with E-state index in [1.54, 1.807) is 6.92 Å². The van der Waals surface area contributed by atoms with Gasteiger partial charge < -0.3 is 14.2 Å². The second-order valence-corrected chi connectivity index (χ2v) is 2.45. The fraction of sp³-hybridized carbons (Fsp3) is 0.875. The van der Waals surface area contributed by atoms with Gasteiger partial charge >= 0.3 is 6.16 Å². The van der Waals surface area contributed by atoms with Gasteiger partial charge in [-0.1, -0.05) is 0 Å². The van der Waals surface area contributed by atoms with Gasteiger partial charge in [0.1, 0.15) is 0 Å². The van der Waals surface area contributed by atoms with E-state index >= 15 is 0 Å². The summed E-state index contributed by atoms with van der Waals surface area (Å²) < 4.78 is 14.4. The van der Waals surface area contributed by atoms with Crippen molar-refractivity contribution in [2.24, 2.45) is 5.84 Å². The molecule has 0 heterocycles. The third kappa shape index (κ3) is 9.24. The van der Waals surface area contributed by atoms with Gasteiger partial charge in [0.2, 0.25) is 0 Å². The second kappa shape index (κ2) is 10.2. The fourth-order valence-corrected chi connectivity index (χ4v) is 0.709. The SMILES string of the molecule is CCOC(=O)OCCCOCCNN. The van der Waals surface area contributed by atoms with Crippen molar-refractivity contribution in [1.82, 2.24) is 5.43 Å². The monoisotopic (exact) mass is 206 g/mol. The van der Waals surface area contributed by atoms with Crippen molar-refractivity contribution in [1.29, 1.82) is 0 Å². The molecule has 0 fully saturated rings. The zero-order valence-corrected chi connectivity index (χ0v) is 8.45. The molecule has 0 atom stereocenters. The van der Waals surface area contributed by atoms with Gasteiger partial charge in [0.25, 0.3) is 0 Å². The largest absolute Gasteiger partial charge is 0.508 e. The van der Waals surface area contributed by atoms with Crippen LogP contribution in [-0.2, 0) is 14.2 Å². The predicted molar refractivity (Wildman–Crippen MR) is 50.6 cm³/mol. The van der Waals surface area contributed by atoms with E-state index in [0.717, 1.165) is 0 Å². The molecule has 0 aliphatic heterocycles. The summed E-state index contributed by atoms with van der Waals surface area (Å²) in [6.07, 6.45) is 0.0275. The van der Waals surface area contributed by atoms with Gasteiger partial charge in [0.05, 0.1) is 19.8 Å². The first kappa shape index (κ1) is 13.2. The van der Waals surface area contributed by atoms with E-state index in [9.17, 15) is 4.79 Å². The minimum Gasteiger partial charge on any atom is -0.435 e. The molecule has 0 spiro atoms. The molecule has 0 aromatic heterocycles. The Morgan fingerprint density at radius 3 is 2.71 bits per heavy atom. The molecule has 0 amide bonds. The number of nitrogens with two attached hydrogens (primary N) is 1. The van der Waals surface area contributed by atoms with Crippen molar-refractivity contribution in [2.75, 3.05) is 33.0 Å². The van der Waals surface area contributed by atoms with Gasteiger partial charge in [-0.25, -0.2) is 4.79 Å². The number of hydrogen-bond donors (Lipinski definition) is 2. The number of nitrogens with one attached hydrogen (secondary N) is 1. The van der Waals surface area contributed by atoms with Crippen LogP contribution in [0.2, 0.25) is 0 Å². The van der Waals surface area contributed by atoms with Crippen LogP contribution >= 0.6 is 0 Å². The number of rotatable bonds is 8. The molecule has 14 heavy (non-hydrogen) atoms. The van der Waals surface area contributed by atoms with Crippen LogP contribution in [0.5, 0.6) is 0 Å². The summed E-state index contributed by atoms with van der Waals surface area (Å²) in [6, 6.07) is 0. The maximum absolute atomic E-state index is 10.7. The lowest BCUT2D eigenvalue weighted by molar-refractivity contribution is 0.0486. The van der Waals surface area contributed by atoms with E-state index in [1.165, 1.54) is 0 Å². The highest BCUT2D eigenvalue weighted by Gasteiger charge is 2.00. The van der Waals surface area contributed by atoms with E-state index in [2.05, 4.69) is 10.2 Å². The summed E-state index contributed by atoms with van der Waals surface area (Å²) in [7, 11) is 0. The fourth-order valence-electron chi connectivity index (χ4n) is 0.709. The maximum atomic E-state index is 10.7. The lowest BCUT2D eigenvalue weighted by Gasteiger charge is -2.05. The van der Waals surface area contributed by atoms with E-state index in [0.29, 0.717) is 39.4 Å². The molecule has 0 saturated carbocycles. The van der Waals surface area contributed by atoms with Gasteiger partial charge in [-0.05, 0) is 6.92 Å². The van der Waals surface area contributed by atoms with Crippen molar-refractivity contribution < 1.29 is 19.0 Å². The standard InChI is InChI=1S/C8H18N2O4/c1-2-13-8(11)14-6-3-5-12-7-4-10-9/h10H,2-7,9H2,1H3. The number of hydrogen-bond acceptors (Lipinski definition) is 6. The molecule has 0 aliphatic carbocycles. The quantitative estimate of drug-likeness (QED) is 0.252. The van der Waals surface area contributed by atoms with Gasteiger partial charge in [0.15, 0.2) is 0 Å². The smallest absolute Gasteiger partial charge is 0.435 e. The molecule has 0 aliphatic rings. The Balaban J connectivity index is 3.01. The number of ether oxygens (including phenoxy) is 3. The normalized spacial score (nSPS) is 9.86. The molecule has 0 unspecified atom stereocenters. The minimum atomic E-state index is -0.629. The minimum absolute atomic E-state index is 0.314. The van der Waals surface area contributed by atoms with Crippen LogP contribution in [0.15, 0.2) is 0 Å². The summed E-state index contributed by atoms with van der Waals surface area (Å²) in [5.41, 5.74) is 2.46. The van der Waals surface area contributed by atoms with E-state index in [1.807, 2.05) is 0 Å². The topological polar surface area (TPSA) is 82.8 Å². The molecule has 84 valence electrons. The average Bonchev–Trinajstić information content (AvgIpc) is 2.17. The molecule has 0 radical (unpaired) electrons. The van der Waals surface area contributed by atoms with E-state index in [-0.39, 0.29) is 0 Å². The summed E-state index contributed by atoms with van der Waals surface area (Å²) >= 11 is 0. The number of carbonyl (C=O) groups excluding carboxylic acids is 1. The highest BCUT2D eigenvalue weighted by Crippen LogP contribution is 1.89. The van der Waals surface area contributed by atoms with Crippen LogP contribution in [-0.4, -0.2) is 39.1 Å². The Morgan fingerprint density at radius 1 is 1.29 bits per heavy atom. The molecule has 0 aromatic rings. The zero-order chi connectivity index (χ0) is 10.6. The first-order valence-corrected chi connectivity index (χ1v) is 4.62. The summed E-state index contributed by atoms with van der Waals surface area (Å²) in [4.78, 5) is 10.7. The number of carbonyl (C=O) groups is 1. The van der Waals surface area contributed by atoms with Crippen molar-refractivity contribution in [3.63, 3.8) is 0 Å². The van der Waals surface area contributed by atoms with Crippen LogP contribution in [0.25, 0.3) is 0 Å². The second-order valence-electron chi connectivity index (χ2n) is 2.45.